The Morgan fingerprint density at radius 1 is 0.771 bits per heavy atom. The van der Waals surface area contributed by atoms with Gasteiger partial charge in [-0.3, -0.25) is 14.8 Å². The van der Waals surface area contributed by atoms with Gasteiger partial charge in [-0.1, -0.05) is 19.9 Å². The van der Waals surface area contributed by atoms with Crippen molar-refractivity contribution < 1.29 is 23.7 Å². The SMILES string of the molecule is CCOc1cc(C(CC2=NCCc3c2[nH]c2cc(OC)ccc32)CC2=NCCc3c2[nH]c2cc(OC)ccc32)ccc1OC(=O)C(C)C. The number of hydrogen-bond acceptors (Lipinski definition) is 7. The third kappa shape index (κ3) is 5.93. The molecule has 0 amide bonds. The highest BCUT2D eigenvalue weighted by molar-refractivity contribution is 6.09. The second kappa shape index (κ2) is 13.2. The molecule has 2 N–H and O–H groups in total. The molecule has 0 aliphatic carbocycles. The second-order valence-corrected chi connectivity index (χ2v) is 12.8. The molecule has 48 heavy (non-hydrogen) atoms. The topological polar surface area (TPSA) is 110 Å². The zero-order chi connectivity index (χ0) is 33.4. The monoisotopic (exact) mass is 646 g/mol. The fourth-order valence-electron chi connectivity index (χ4n) is 6.96. The van der Waals surface area contributed by atoms with Gasteiger partial charge in [0, 0.05) is 47.0 Å². The quantitative estimate of drug-likeness (QED) is 0.114. The van der Waals surface area contributed by atoms with Crippen LogP contribution in [0.4, 0.5) is 0 Å². The molecule has 5 aromatic rings. The number of nitrogens with one attached hydrogen (secondary N) is 2. The van der Waals surface area contributed by atoms with E-state index < -0.39 is 0 Å². The fourth-order valence-corrected chi connectivity index (χ4v) is 6.96. The maximum absolute atomic E-state index is 12.5. The fraction of sp³-hybridized carbons (Fsp3) is 0.359. The van der Waals surface area contributed by atoms with Crippen molar-refractivity contribution in [2.24, 2.45) is 15.9 Å². The van der Waals surface area contributed by atoms with Crippen LogP contribution in [0, 0.1) is 5.92 Å². The number of aromatic nitrogens is 2. The van der Waals surface area contributed by atoms with Crippen molar-refractivity contribution in [1.29, 1.82) is 0 Å². The highest BCUT2D eigenvalue weighted by Gasteiger charge is 2.28. The summed E-state index contributed by atoms with van der Waals surface area (Å²) in [5.74, 6) is 2.09. The predicted octanol–water partition coefficient (Wildman–Crippen LogP) is 7.58. The summed E-state index contributed by atoms with van der Waals surface area (Å²) in [5.41, 5.74) is 10.0. The number of nitrogens with zero attached hydrogens (tertiary/aromatic N) is 2. The van der Waals surface area contributed by atoms with Gasteiger partial charge in [-0.25, -0.2) is 0 Å². The number of fused-ring (bicyclic) bond motifs is 6. The maximum Gasteiger partial charge on any atom is 0.313 e. The van der Waals surface area contributed by atoms with Crippen LogP contribution >= 0.6 is 0 Å². The van der Waals surface area contributed by atoms with E-state index in [-0.39, 0.29) is 17.8 Å². The van der Waals surface area contributed by atoms with Crippen molar-refractivity contribution in [3.63, 3.8) is 0 Å². The Balaban J connectivity index is 1.29. The van der Waals surface area contributed by atoms with Gasteiger partial charge < -0.3 is 28.9 Å². The minimum Gasteiger partial charge on any atom is -0.497 e. The number of aromatic amines is 2. The van der Waals surface area contributed by atoms with Gasteiger partial charge >= 0.3 is 5.97 Å². The number of ether oxygens (including phenoxy) is 4. The van der Waals surface area contributed by atoms with Crippen LogP contribution in [0.3, 0.4) is 0 Å². The van der Waals surface area contributed by atoms with Gasteiger partial charge in [0.15, 0.2) is 11.5 Å². The first kappa shape index (κ1) is 31.5. The summed E-state index contributed by atoms with van der Waals surface area (Å²) in [6, 6.07) is 18.4. The zero-order valence-electron chi connectivity index (χ0n) is 28.2. The molecule has 0 unspecified atom stereocenters. The summed E-state index contributed by atoms with van der Waals surface area (Å²) in [7, 11) is 3.38. The third-order valence-electron chi connectivity index (χ3n) is 9.43. The van der Waals surface area contributed by atoms with Crippen LogP contribution in [0.25, 0.3) is 21.8 Å². The molecule has 0 saturated carbocycles. The average molecular weight is 647 g/mol. The molecule has 3 aromatic carbocycles. The lowest BCUT2D eigenvalue weighted by molar-refractivity contribution is -0.137. The van der Waals surface area contributed by atoms with E-state index in [1.165, 1.54) is 21.9 Å². The van der Waals surface area contributed by atoms with E-state index >= 15 is 0 Å². The van der Waals surface area contributed by atoms with E-state index in [0.29, 0.717) is 30.9 Å². The van der Waals surface area contributed by atoms with Crippen LogP contribution in [0.15, 0.2) is 64.6 Å². The third-order valence-corrected chi connectivity index (χ3v) is 9.43. The molecule has 0 saturated heterocycles. The lowest BCUT2D eigenvalue weighted by atomic mass is 9.84. The molecule has 9 nitrogen and oxygen atoms in total. The molecule has 9 heteroatoms. The number of carbonyl (C=O) groups is 1. The van der Waals surface area contributed by atoms with Crippen molar-refractivity contribution in [3.8, 4) is 23.0 Å². The van der Waals surface area contributed by atoms with Gasteiger partial charge in [0.2, 0.25) is 0 Å². The molecule has 0 spiro atoms. The first-order valence-electron chi connectivity index (χ1n) is 16.8. The summed E-state index contributed by atoms with van der Waals surface area (Å²) >= 11 is 0. The minimum absolute atomic E-state index is 0.00959. The van der Waals surface area contributed by atoms with Crippen LogP contribution in [-0.2, 0) is 17.6 Å². The lowest BCUT2D eigenvalue weighted by Crippen LogP contribution is -2.20. The van der Waals surface area contributed by atoms with Crippen LogP contribution in [0.5, 0.6) is 23.0 Å². The van der Waals surface area contributed by atoms with E-state index in [9.17, 15) is 4.79 Å². The first-order valence-corrected chi connectivity index (χ1v) is 16.8. The molecule has 2 aliphatic heterocycles. The number of benzene rings is 3. The Labute approximate surface area is 280 Å². The normalized spacial score (nSPS) is 14.1. The summed E-state index contributed by atoms with van der Waals surface area (Å²) in [4.78, 5) is 30.1. The molecule has 0 radical (unpaired) electrons. The van der Waals surface area contributed by atoms with E-state index in [1.54, 1.807) is 14.2 Å². The van der Waals surface area contributed by atoms with E-state index in [0.717, 1.165) is 76.8 Å². The number of rotatable bonds is 11. The summed E-state index contributed by atoms with van der Waals surface area (Å²) < 4.78 is 22.8. The Morgan fingerprint density at radius 3 is 1.83 bits per heavy atom. The Kier molecular flexibility index (Phi) is 8.69. The molecule has 0 bridgehead atoms. The number of H-pyrrole nitrogens is 2. The molecule has 2 aliphatic rings. The van der Waals surface area contributed by atoms with Gasteiger partial charge in [-0.05, 0) is 91.6 Å². The average Bonchev–Trinajstić information content (AvgIpc) is 3.67. The van der Waals surface area contributed by atoms with Crippen molar-refractivity contribution in [2.45, 2.75) is 52.4 Å². The van der Waals surface area contributed by atoms with Crippen LogP contribution in [0.1, 0.15) is 67.6 Å². The zero-order valence-corrected chi connectivity index (χ0v) is 28.2. The molecular weight excluding hydrogens is 604 g/mol. The smallest absolute Gasteiger partial charge is 0.313 e. The number of esters is 1. The number of hydrogen-bond donors (Lipinski definition) is 2. The van der Waals surface area contributed by atoms with Crippen LogP contribution in [0.2, 0.25) is 0 Å². The largest absolute Gasteiger partial charge is 0.497 e. The highest BCUT2D eigenvalue weighted by atomic mass is 16.6. The molecule has 248 valence electrons. The van der Waals surface area contributed by atoms with Gasteiger partial charge in [-0.15, -0.1) is 0 Å². The van der Waals surface area contributed by atoms with Crippen LogP contribution < -0.4 is 18.9 Å². The number of aliphatic imine (C=N–C) groups is 2. The Morgan fingerprint density at radius 2 is 1.33 bits per heavy atom. The lowest BCUT2D eigenvalue weighted by Gasteiger charge is -2.24. The number of carbonyl (C=O) groups excluding carboxylic acids is 1. The highest BCUT2D eigenvalue weighted by Crippen LogP contribution is 2.39. The molecule has 2 aromatic heterocycles. The molecule has 7 rings (SSSR count). The molecule has 0 fully saturated rings. The summed E-state index contributed by atoms with van der Waals surface area (Å²) in [6.45, 7) is 7.50. The standard InChI is InChI=1S/C39H42N4O5/c1-6-47-36-19-23(7-12-35(36)48-39(44)22(2)3)24(17-33-37-29(13-15-40-33)27-10-8-25(45-4)20-31(27)42-37)18-34-38-30(14-16-41-34)28-11-9-26(46-5)21-32(28)43-38/h7-12,19-22,24,42-43H,6,13-18H2,1-5H3. The van der Waals surface area contributed by atoms with E-state index in [1.807, 2.05) is 45.0 Å². The van der Waals surface area contributed by atoms with Crippen molar-refractivity contribution in [1.82, 2.24) is 9.97 Å². The van der Waals surface area contributed by atoms with Gasteiger partial charge in [0.05, 0.1) is 49.6 Å². The molecular formula is C39H42N4O5. The maximum atomic E-state index is 12.5. The van der Waals surface area contributed by atoms with Crippen molar-refractivity contribution >= 4 is 39.2 Å². The van der Waals surface area contributed by atoms with Crippen LogP contribution in [-0.4, -0.2) is 61.3 Å². The van der Waals surface area contributed by atoms with E-state index in [4.69, 9.17) is 28.9 Å². The van der Waals surface area contributed by atoms with Crippen molar-refractivity contribution in [2.75, 3.05) is 33.9 Å². The first-order chi connectivity index (χ1) is 23.4. The van der Waals surface area contributed by atoms with Gasteiger partial charge in [0.25, 0.3) is 0 Å². The van der Waals surface area contributed by atoms with Crippen molar-refractivity contribution in [3.05, 3.63) is 82.7 Å². The minimum atomic E-state index is -0.292. The summed E-state index contributed by atoms with van der Waals surface area (Å²) in [5, 5.41) is 2.42. The van der Waals surface area contributed by atoms with Gasteiger partial charge in [0.1, 0.15) is 11.5 Å². The van der Waals surface area contributed by atoms with Gasteiger partial charge in [-0.2, -0.15) is 0 Å². The Hall–Kier alpha value is -5.05. The number of methoxy groups -OCH3 is 2. The summed E-state index contributed by atoms with van der Waals surface area (Å²) in [6.07, 6.45) is 3.15. The second-order valence-electron chi connectivity index (χ2n) is 12.8. The molecule has 0 atom stereocenters. The van der Waals surface area contributed by atoms with E-state index in [2.05, 4.69) is 40.3 Å². The Bertz CT molecular complexity index is 1960. The predicted molar refractivity (Wildman–Crippen MR) is 190 cm³/mol. The molecule has 4 heterocycles.